The van der Waals surface area contributed by atoms with E-state index < -0.39 is 0 Å². The Bertz CT molecular complexity index is 380. The first kappa shape index (κ1) is 12.0. The second-order valence-electron chi connectivity index (χ2n) is 5.81. The van der Waals surface area contributed by atoms with E-state index in [2.05, 4.69) is 22.2 Å². The fraction of sp³-hybridized carbons (Fsp3) is 0.786. The molecule has 0 bridgehead atoms. The molecule has 1 heterocycles. The van der Waals surface area contributed by atoms with Gasteiger partial charge in [0.1, 0.15) is 6.26 Å². The summed E-state index contributed by atoms with van der Waals surface area (Å²) in [7, 11) is 2.09. The molecule has 2 aliphatic rings. The third-order valence-corrected chi connectivity index (χ3v) is 4.02. The summed E-state index contributed by atoms with van der Waals surface area (Å²) in [5, 5.41) is 3.46. The molecule has 3 rings (SSSR count). The number of hydrogen-bond acceptors (Lipinski definition) is 4. The summed E-state index contributed by atoms with van der Waals surface area (Å²) in [5.74, 6) is 0.829. The van der Waals surface area contributed by atoms with Crippen LogP contribution in [0.25, 0.3) is 0 Å². The first-order valence-corrected chi connectivity index (χ1v) is 7.20. The second kappa shape index (κ2) is 5.31. The van der Waals surface area contributed by atoms with Crippen LogP contribution in [0.3, 0.4) is 0 Å². The van der Waals surface area contributed by atoms with Crippen LogP contribution in [0.2, 0.25) is 0 Å². The maximum absolute atomic E-state index is 5.56. The van der Waals surface area contributed by atoms with Gasteiger partial charge < -0.3 is 14.6 Å². The van der Waals surface area contributed by atoms with Crippen molar-refractivity contribution in [2.75, 3.05) is 18.5 Å². The molecule has 2 aliphatic carbocycles. The summed E-state index contributed by atoms with van der Waals surface area (Å²) < 4.78 is 5.56. The minimum atomic E-state index is 0.723. The molecule has 1 aromatic heterocycles. The third kappa shape index (κ3) is 3.05. The van der Waals surface area contributed by atoms with Crippen LogP contribution in [0.4, 0.5) is 6.01 Å². The molecule has 0 amide bonds. The first-order valence-electron chi connectivity index (χ1n) is 7.20. The molecule has 0 unspecified atom stereocenters. The van der Waals surface area contributed by atoms with Gasteiger partial charge in [0.25, 0.3) is 6.01 Å². The number of oxazole rings is 1. The Morgan fingerprint density at radius 3 is 2.83 bits per heavy atom. The summed E-state index contributed by atoms with van der Waals surface area (Å²) in [6, 6.07) is 1.50. The third-order valence-electron chi connectivity index (χ3n) is 4.02. The Hall–Kier alpha value is -1.03. The summed E-state index contributed by atoms with van der Waals surface area (Å²) in [6.07, 6.45) is 9.91. The molecule has 0 spiro atoms. The Morgan fingerprint density at radius 1 is 1.33 bits per heavy atom. The van der Waals surface area contributed by atoms with Crippen LogP contribution >= 0.6 is 0 Å². The number of nitrogens with zero attached hydrogens (tertiary/aromatic N) is 2. The van der Waals surface area contributed by atoms with Gasteiger partial charge in [0.05, 0.1) is 5.69 Å². The van der Waals surface area contributed by atoms with E-state index in [0.717, 1.165) is 36.8 Å². The van der Waals surface area contributed by atoms with Crippen molar-refractivity contribution in [3.8, 4) is 0 Å². The lowest BCUT2D eigenvalue weighted by Gasteiger charge is -2.18. The van der Waals surface area contributed by atoms with Crippen LogP contribution in [0, 0.1) is 5.92 Å². The zero-order chi connectivity index (χ0) is 12.4. The van der Waals surface area contributed by atoms with Gasteiger partial charge >= 0.3 is 0 Å². The molecule has 0 atom stereocenters. The second-order valence-corrected chi connectivity index (χ2v) is 5.81. The Kier molecular flexibility index (Phi) is 3.55. The summed E-state index contributed by atoms with van der Waals surface area (Å²) >= 11 is 0. The van der Waals surface area contributed by atoms with Crippen LogP contribution in [-0.4, -0.2) is 24.6 Å². The van der Waals surface area contributed by atoms with Crippen molar-refractivity contribution < 1.29 is 4.42 Å². The molecule has 0 radical (unpaired) electrons. The lowest BCUT2D eigenvalue weighted by molar-refractivity contribution is 0.496. The number of aromatic nitrogens is 1. The summed E-state index contributed by atoms with van der Waals surface area (Å²) in [5.41, 5.74) is 1.02. The van der Waals surface area contributed by atoms with E-state index >= 15 is 0 Å². The van der Waals surface area contributed by atoms with Gasteiger partial charge in [-0.1, -0.05) is 12.8 Å². The van der Waals surface area contributed by atoms with Crippen molar-refractivity contribution >= 4 is 6.01 Å². The van der Waals surface area contributed by atoms with E-state index in [1.165, 1.54) is 38.5 Å². The molecule has 2 fully saturated rings. The SMILES string of the molecule is CN(CC1CCCC1)c1nc(CNC2CC2)co1. The van der Waals surface area contributed by atoms with E-state index in [9.17, 15) is 0 Å². The van der Waals surface area contributed by atoms with Crippen molar-refractivity contribution in [1.29, 1.82) is 0 Å². The fourth-order valence-electron chi connectivity index (χ4n) is 2.75. The molecule has 0 aliphatic heterocycles. The zero-order valence-corrected chi connectivity index (χ0v) is 11.2. The van der Waals surface area contributed by atoms with Crippen molar-refractivity contribution in [2.45, 2.75) is 51.1 Å². The normalized spacial score (nSPS) is 20.5. The number of anilines is 1. The molecule has 0 aromatic carbocycles. The molecular weight excluding hydrogens is 226 g/mol. The molecule has 0 saturated heterocycles. The van der Waals surface area contributed by atoms with Gasteiger partial charge in [-0.25, -0.2) is 0 Å². The van der Waals surface area contributed by atoms with Crippen molar-refractivity contribution in [3.63, 3.8) is 0 Å². The lowest BCUT2D eigenvalue weighted by atomic mass is 10.1. The Morgan fingerprint density at radius 2 is 2.11 bits per heavy atom. The van der Waals surface area contributed by atoms with Gasteiger partial charge in [-0.15, -0.1) is 0 Å². The van der Waals surface area contributed by atoms with Crippen molar-refractivity contribution in [2.24, 2.45) is 5.92 Å². The average Bonchev–Trinajstić information content (AvgIpc) is 2.88. The topological polar surface area (TPSA) is 41.3 Å². The molecule has 1 aromatic rings. The van der Waals surface area contributed by atoms with Crippen LogP contribution in [0.1, 0.15) is 44.2 Å². The Labute approximate surface area is 109 Å². The van der Waals surface area contributed by atoms with E-state index in [0.29, 0.717) is 0 Å². The predicted molar refractivity (Wildman–Crippen MR) is 71.6 cm³/mol. The molecule has 2 saturated carbocycles. The van der Waals surface area contributed by atoms with Crippen LogP contribution < -0.4 is 10.2 Å². The van der Waals surface area contributed by atoms with E-state index in [-0.39, 0.29) is 0 Å². The highest BCUT2D eigenvalue weighted by molar-refractivity contribution is 5.25. The van der Waals surface area contributed by atoms with Gasteiger partial charge in [0.2, 0.25) is 0 Å². The van der Waals surface area contributed by atoms with Crippen LogP contribution in [-0.2, 0) is 6.54 Å². The highest BCUT2D eigenvalue weighted by atomic mass is 16.4. The van der Waals surface area contributed by atoms with Gasteiger partial charge in [-0.2, -0.15) is 4.98 Å². The predicted octanol–water partition coefficient (Wildman–Crippen LogP) is 2.55. The smallest absolute Gasteiger partial charge is 0.297 e. The minimum Gasteiger partial charge on any atom is -0.432 e. The lowest BCUT2D eigenvalue weighted by Crippen LogP contribution is -2.24. The van der Waals surface area contributed by atoms with Crippen molar-refractivity contribution in [1.82, 2.24) is 10.3 Å². The molecule has 4 nitrogen and oxygen atoms in total. The van der Waals surface area contributed by atoms with Crippen LogP contribution in [0.5, 0.6) is 0 Å². The molecule has 18 heavy (non-hydrogen) atoms. The summed E-state index contributed by atoms with van der Waals surface area (Å²) in [4.78, 5) is 6.71. The van der Waals surface area contributed by atoms with Crippen molar-refractivity contribution in [3.05, 3.63) is 12.0 Å². The summed E-state index contributed by atoms with van der Waals surface area (Å²) in [6.45, 7) is 1.92. The number of hydrogen-bond donors (Lipinski definition) is 1. The van der Waals surface area contributed by atoms with Crippen LogP contribution in [0.15, 0.2) is 10.7 Å². The maximum Gasteiger partial charge on any atom is 0.297 e. The van der Waals surface area contributed by atoms with Gasteiger partial charge in [0, 0.05) is 26.2 Å². The standard InChI is InChI=1S/C14H23N3O/c1-17(9-11-4-2-3-5-11)14-16-13(10-18-14)8-15-12-6-7-12/h10-12,15H,2-9H2,1H3. The number of rotatable bonds is 6. The van der Waals surface area contributed by atoms with E-state index in [1.54, 1.807) is 6.26 Å². The number of nitrogens with one attached hydrogen (secondary N) is 1. The monoisotopic (exact) mass is 249 g/mol. The highest BCUT2D eigenvalue weighted by Gasteiger charge is 2.21. The van der Waals surface area contributed by atoms with E-state index in [1.807, 2.05) is 0 Å². The van der Waals surface area contributed by atoms with Gasteiger partial charge in [-0.05, 0) is 31.6 Å². The molecule has 100 valence electrons. The zero-order valence-electron chi connectivity index (χ0n) is 11.2. The molecule has 1 N–H and O–H groups in total. The fourth-order valence-corrected chi connectivity index (χ4v) is 2.75. The first-order chi connectivity index (χ1) is 8.81. The van der Waals surface area contributed by atoms with Gasteiger partial charge in [-0.3, -0.25) is 0 Å². The average molecular weight is 249 g/mol. The minimum absolute atomic E-state index is 0.723. The maximum atomic E-state index is 5.56. The molecule has 4 heteroatoms. The largest absolute Gasteiger partial charge is 0.432 e. The van der Waals surface area contributed by atoms with Gasteiger partial charge in [0.15, 0.2) is 0 Å². The Balaban J connectivity index is 1.50. The highest BCUT2D eigenvalue weighted by Crippen LogP contribution is 2.26. The van der Waals surface area contributed by atoms with E-state index in [4.69, 9.17) is 4.42 Å². The quantitative estimate of drug-likeness (QED) is 0.841. The molecular formula is C14H23N3O.